The maximum absolute atomic E-state index is 6.43. The van der Waals surface area contributed by atoms with Crippen LogP contribution in [0, 0.1) is 5.92 Å². The van der Waals surface area contributed by atoms with E-state index in [2.05, 4.69) is 73.7 Å². The molecule has 0 spiro atoms. The number of benzene rings is 3. The Labute approximate surface area is 159 Å². The lowest BCUT2D eigenvalue weighted by atomic mass is 9.71. The third-order valence-electron chi connectivity index (χ3n) is 6.02. The number of fused-ring (bicyclic) bond motifs is 4. The Morgan fingerprint density at radius 2 is 1.69 bits per heavy atom. The van der Waals surface area contributed by atoms with Gasteiger partial charge in [-0.15, -0.1) is 0 Å². The normalized spacial score (nSPS) is 21.6. The number of hydrogen-bond acceptors (Lipinski definition) is 0. The molecule has 0 aliphatic heterocycles. The Bertz CT molecular complexity index is 1060. The average Bonchev–Trinajstić information content (AvgIpc) is 2.69. The lowest BCUT2D eigenvalue weighted by molar-refractivity contribution is 0.614. The van der Waals surface area contributed by atoms with Gasteiger partial charge >= 0.3 is 0 Å². The number of hydrogen-bond donors (Lipinski definition) is 0. The van der Waals surface area contributed by atoms with Crippen molar-refractivity contribution in [3.05, 3.63) is 100 Å². The molecule has 128 valence electrons. The van der Waals surface area contributed by atoms with Crippen molar-refractivity contribution in [2.75, 3.05) is 0 Å². The lowest BCUT2D eigenvalue weighted by Crippen LogP contribution is -2.18. The van der Waals surface area contributed by atoms with Gasteiger partial charge < -0.3 is 0 Å². The van der Waals surface area contributed by atoms with Crippen LogP contribution in [0.4, 0.5) is 0 Å². The second kappa shape index (κ2) is 6.14. The van der Waals surface area contributed by atoms with E-state index in [4.69, 9.17) is 11.6 Å². The Hall–Kier alpha value is -2.31. The summed E-state index contributed by atoms with van der Waals surface area (Å²) in [7, 11) is 0. The van der Waals surface area contributed by atoms with Crippen molar-refractivity contribution in [3.8, 4) is 0 Å². The summed E-state index contributed by atoms with van der Waals surface area (Å²) >= 11 is 6.43. The van der Waals surface area contributed by atoms with Gasteiger partial charge in [0.15, 0.2) is 0 Å². The standard InChI is InChI=1S/C25H21Cl/c1-16-14-24-19-8-5-9-25(26)22(19)13-12-21(24)20-11-10-18(15-23(16)20)17-6-3-2-4-7-17/h2-13,16,18H,14-15H2,1H3. The summed E-state index contributed by atoms with van der Waals surface area (Å²) in [5.41, 5.74) is 7.32. The van der Waals surface area contributed by atoms with Crippen LogP contribution in [0.5, 0.6) is 0 Å². The zero-order valence-electron chi connectivity index (χ0n) is 14.9. The van der Waals surface area contributed by atoms with Crippen LogP contribution in [0.3, 0.4) is 0 Å². The summed E-state index contributed by atoms with van der Waals surface area (Å²) in [4.78, 5) is 0. The number of halogens is 1. The van der Waals surface area contributed by atoms with Gasteiger partial charge in [0.1, 0.15) is 0 Å². The van der Waals surface area contributed by atoms with Gasteiger partial charge in [0, 0.05) is 16.3 Å². The molecule has 0 saturated heterocycles. The molecule has 2 atom stereocenters. The second-order valence-electron chi connectivity index (χ2n) is 7.55. The van der Waals surface area contributed by atoms with Crippen LogP contribution in [0.25, 0.3) is 16.3 Å². The van der Waals surface area contributed by atoms with Crippen LogP contribution in [0.1, 0.15) is 36.0 Å². The molecule has 0 aromatic heterocycles. The van der Waals surface area contributed by atoms with Crippen molar-refractivity contribution < 1.29 is 0 Å². The Balaban J connectivity index is 1.63. The van der Waals surface area contributed by atoms with E-state index in [0.717, 1.165) is 17.9 Å². The molecule has 2 aliphatic carbocycles. The van der Waals surface area contributed by atoms with E-state index >= 15 is 0 Å². The van der Waals surface area contributed by atoms with Crippen LogP contribution >= 0.6 is 11.6 Å². The number of allylic oxidation sites excluding steroid dienone is 4. The van der Waals surface area contributed by atoms with Gasteiger partial charge in [0.05, 0.1) is 0 Å². The fraction of sp³-hybridized carbons (Fsp3) is 0.200. The van der Waals surface area contributed by atoms with Crippen LogP contribution in [0.15, 0.2) is 78.4 Å². The summed E-state index contributed by atoms with van der Waals surface area (Å²) in [6.45, 7) is 2.38. The highest BCUT2D eigenvalue weighted by Crippen LogP contribution is 2.46. The zero-order chi connectivity index (χ0) is 17.7. The van der Waals surface area contributed by atoms with E-state index in [-0.39, 0.29) is 0 Å². The van der Waals surface area contributed by atoms with Crippen molar-refractivity contribution in [1.82, 2.24) is 0 Å². The predicted octanol–water partition coefficient (Wildman–Crippen LogP) is 7.18. The van der Waals surface area contributed by atoms with Crippen molar-refractivity contribution in [2.24, 2.45) is 5.92 Å². The van der Waals surface area contributed by atoms with E-state index in [1.807, 2.05) is 6.07 Å². The highest BCUT2D eigenvalue weighted by atomic mass is 35.5. The smallest absolute Gasteiger partial charge is 0.0484 e. The Morgan fingerprint density at radius 3 is 2.54 bits per heavy atom. The van der Waals surface area contributed by atoms with Crippen LogP contribution in [0.2, 0.25) is 5.02 Å². The molecule has 3 aromatic carbocycles. The molecule has 2 aliphatic rings. The van der Waals surface area contributed by atoms with Crippen LogP contribution < -0.4 is 0 Å². The minimum absolute atomic E-state index is 0.494. The van der Waals surface area contributed by atoms with Gasteiger partial charge in [-0.2, -0.15) is 0 Å². The van der Waals surface area contributed by atoms with Crippen molar-refractivity contribution >= 4 is 27.9 Å². The highest BCUT2D eigenvalue weighted by Gasteiger charge is 2.28. The molecule has 1 heteroatoms. The fourth-order valence-electron chi connectivity index (χ4n) is 4.68. The first-order valence-electron chi connectivity index (χ1n) is 9.39. The Kier molecular flexibility index (Phi) is 3.76. The highest BCUT2D eigenvalue weighted by molar-refractivity contribution is 6.35. The molecular formula is C25H21Cl. The third-order valence-corrected chi connectivity index (χ3v) is 6.35. The van der Waals surface area contributed by atoms with E-state index in [9.17, 15) is 0 Å². The first kappa shape index (κ1) is 15.9. The molecule has 2 unspecified atom stereocenters. The molecular weight excluding hydrogens is 336 g/mol. The summed E-state index contributed by atoms with van der Waals surface area (Å²) in [6.07, 6.45) is 6.98. The second-order valence-corrected chi connectivity index (χ2v) is 7.96. The first-order chi connectivity index (χ1) is 12.7. The molecule has 0 radical (unpaired) electrons. The van der Waals surface area contributed by atoms with Gasteiger partial charge in [-0.05, 0) is 52.5 Å². The lowest BCUT2D eigenvalue weighted by Gasteiger charge is -2.33. The van der Waals surface area contributed by atoms with Crippen LogP contribution in [-0.2, 0) is 6.42 Å². The molecule has 0 fully saturated rings. The largest absolute Gasteiger partial charge is 0.0837 e. The van der Waals surface area contributed by atoms with Gasteiger partial charge in [-0.1, -0.05) is 90.8 Å². The topological polar surface area (TPSA) is 0 Å². The zero-order valence-corrected chi connectivity index (χ0v) is 15.6. The van der Waals surface area contributed by atoms with E-state index in [1.165, 1.54) is 33.0 Å². The molecule has 26 heavy (non-hydrogen) atoms. The molecule has 5 rings (SSSR count). The average molecular weight is 357 g/mol. The summed E-state index contributed by atoms with van der Waals surface area (Å²) in [5, 5.41) is 3.33. The fourth-order valence-corrected chi connectivity index (χ4v) is 4.91. The van der Waals surface area contributed by atoms with Crippen LogP contribution in [-0.4, -0.2) is 0 Å². The Morgan fingerprint density at radius 1 is 0.846 bits per heavy atom. The number of rotatable bonds is 1. The van der Waals surface area contributed by atoms with Gasteiger partial charge in [-0.25, -0.2) is 0 Å². The maximum atomic E-state index is 6.43. The molecule has 0 saturated carbocycles. The van der Waals surface area contributed by atoms with Crippen molar-refractivity contribution in [1.29, 1.82) is 0 Å². The minimum Gasteiger partial charge on any atom is -0.0837 e. The maximum Gasteiger partial charge on any atom is 0.0484 e. The van der Waals surface area contributed by atoms with Gasteiger partial charge in [0.25, 0.3) is 0 Å². The predicted molar refractivity (Wildman–Crippen MR) is 112 cm³/mol. The molecule has 0 bridgehead atoms. The van der Waals surface area contributed by atoms with E-state index < -0.39 is 0 Å². The quantitative estimate of drug-likeness (QED) is 0.433. The summed E-state index contributed by atoms with van der Waals surface area (Å²) in [5.74, 6) is 1.06. The third kappa shape index (κ3) is 2.44. The van der Waals surface area contributed by atoms with Gasteiger partial charge in [0.2, 0.25) is 0 Å². The minimum atomic E-state index is 0.494. The molecule has 0 heterocycles. The van der Waals surface area contributed by atoms with Crippen molar-refractivity contribution in [2.45, 2.75) is 25.7 Å². The molecule has 3 aromatic rings. The van der Waals surface area contributed by atoms with Gasteiger partial charge in [-0.3, -0.25) is 0 Å². The van der Waals surface area contributed by atoms with E-state index in [1.54, 1.807) is 5.57 Å². The first-order valence-corrected chi connectivity index (χ1v) is 9.77. The SMILES string of the molecule is CC1Cc2c(ccc3c(Cl)cccc23)C2=C1CC(c1ccccc1)C=C2. The molecule has 0 amide bonds. The van der Waals surface area contributed by atoms with Crippen molar-refractivity contribution in [3.63, 3.8) is 0 Å². The summed E-state index contributed by atoms with van der Waals surface area (Å²) in [6, 6.07) is 21.6. The monoisotopic (exact) mass is 356 g/mol. The van der Waals surface area contributed by atoms with E-state index in [0.29, 0.717) is 11.8 Å². The summed E-state index contributed by atoms with van der Waals surface area (Å²) < 4.78 is 0. The molecule has 0 N–H and O–H groups in total. The molecule has 0 nitrogen and oxygen atoms in total.